The van der Waals surface area contributed by atoms with Gasteiger partial charge < -0.3 is 10.2 Å². The van der Waals surface area contributed by atoms with Crippen molar-refractivity contribution in [3.05, 3.63) is 65.7 Å². The lowest BCUT2D eigenvalue weighted by molar-refractivity contribution is -0.127. The van der Waals surface area contributed by atoms with E-state index in [0.29, 0.717) is 12.1 Å². The molecule has 0 fully saturated rings. The van der Waals surface area contributed by atoms with Gasteiger partial charge in [-0.05, 0) is 12.0 Å². The third kappa shape index (κ3) is 3.67. The number of fused-ring (bicyclic) bond motifs is 1. The zero-order valence-corrected chi connectivity index (χ0v) is 15.3. The van der Waals surface area contributed by atoms with Gasteiger partial charge in [-0.1, -0.05) is 62.4 Å². The number of nitrogens with one attached hydrogen (secondary N) is 1. The number of nitrogens with zero attached hydrogens (tertiary/aromatic N) is 2. The molecule has 0 saturated carbocycles. The summed E-state index contributed by atoms with van der Waals surface area (Å²) in [5.74, 6) is -0.210. The van der Waals surface area contributed by atoms with Crippen LogP contribution in [0.2, 0.25) is 0 Å². The highest BCUT2D eigenvalue weighted by Gasteiger charge is 2.30. The van der Waals surface area contributed by atoms with Gasteiger partial charge in [-0.25, -0.2) is 4.99 Å². The lowest BCUT2D eigenvalue weighted by atomic mass is 10.0. The maximum atomic E-state index is 12.9. The van der Waals surface area contributed by atoms with Crippen molar-refractivity contribution >= 4 is 23.2 Å². The van der Waals surface area contributed by atoms with Gasteiger partial charge in [0.1, 0.15) is 0 Å². The Morgan fingerprint density at radius 3 is 2.46 bits per heavy atom. The van der Waals surface area contributed by atoms with Crippen molar-refractivity contribution in [1.29, 1.82) is 0 Å². The van der Waals surface area contributed by atoms with E-state index in [4.69, 9.17) is 0 Å². The first kappa shape index (κ1) is 17.9. The normalized spacial score (nSPS) is 16.8. The number of hydrogen-bond acceptors (Lipinski definition) is 3. The van der Waals surface area contributed by atoms with E-state index in [9.17, 15) is 9.59 Å². The fraction of sp³-hybridized carbons (Fsp3) is 0.286. The quantitative estimate of drug-likeness (QED) is 0.922. The molecule has 1 unspecified atom stereocenters. The number of para-hydroxylation sites is 1. The zero-order valence-electron chi connectivity index (χ0n) is 15.3. The number of amides is 2. The molecule has 1 heterocycles. The summed E-state index contributed by atoms with van der Waals surface area (Å²) in [6.07, 6.45) is -0.578. The summed E-state index contributed by atoms with van der Waals surface area (Å²) < 4.78 is 0. The van der Waals surface area contributed by atoms with Crippen LogP contribution in [-0.2, 0) is 9.59 Å². The Morgan fingerprint density at radius 1 is 1.12 bits per heavy atom. The van der Waals surface area contributed by atoms with E-state index in [1.54, 1.807) is 11.9 Å². The molecule has 0 aliphatic carbocycles. The Bertz CT molecular complexity index is 843. The Balaban J connectivity index is 2.07. The van der Waals surface area contributed by atoms with Crippen molar-refractivity contribution in [2.45, 2.75) is 26.4 Å². The molecule has 2 aromatic rings. The Labute approximate surface area is 153 Å². The minimum Gasteiger partial charge on any atom is -0.327 e. The van der Waals surface area contributed by atoms with E-state index in [0.717, 1.165) is 16.8 Å². The fourth-order valence-electron chi connectivity index (χ4n) is 3.02. The zero-order chi connectivity index (χ0) is 18.7. The van der Waals surface area contributed by atoms with Crippen molar-refractivity contribution in [3.63, 3.8) is 0 Å². The summed E-state index contributed by atoms with van der Waals surface area (Å²) in [5, 5.41) is 2.79. The molecule has 2 aromatic carbocycles. The van der Waals surface area contributed by atoms with Gasteiger partial charge >= 0.3 is 0 Å². The summed E-state index contributed by atoms with van der Waals surface area (Å²) in [4.78, 5) is 31.4. The number of carbonyl (C=O) groups is 2. The molecular weight excluding hydrogens is 326 g/mol. The SMILES string of the molecule is CC(C)CC(=O)NC1N=C(c2ccccc2)c2ccccc2N(C)C1=O. The number of aliphatic imine (C=N–C) groups is 1. The van der Waals surface area contributed by atoms with Crippen LogP contribution < -0.4 is 10.2 Å². The molecule has 0 radical (unpaired) electrons. The van der Waals surface area contributed by atoms with Crippen LogP contribution in [0.25, 0.3) is 0 Å². The van der Waals surface area contributed by atoms with Crippen molar-refractivity contribution in [1.82, 2.24) is 5.32 Å². The number of hydrogen-bond donors (Lipinski definition) is 1. The van der Waals surface area contributed by atoms with Crippen LogP contribution >= 0.6 is 0 Å². The van der Waals surface area contributed by atoms with E-state index >= 15 is 0 Å². The largest absolute Gasteiger partial charge is 0.327 e. The Hall–Kier alpha value is -2.95. The molecule has 1 N–H and O–H groups in total. The topological polar surface area (TPSA) is 61.8 Å². The van der Waals surface area contributed by atoms with E-state index in [1.165, 1.54) is 0 Å². The van der Waals surface area contributed by atoms with E-state index in [2.05, 4.69) is 10.3 Å². The van der Waals surface area contributed by atoms with Gasteiger partial charge in [-0.3, -0.25) is 9.59 Å². The van der Waals surface area contributed by atoms with E-state index in [1.807, 2.05) is 68.4 Å². The smallest absolute Gasteiger partial charge is 0.272 e. The van der Waals surface area contributed by atoms with Gasteiger partial charge in [0.15, 0.2) is 0 Å². The predicted octanol–water partition coefficient (Wildman–Crippen LogP) is 2.99. The first-order valence-corrected chi connectivity index (χ1v) is 8.77. The molecule has 1 aliphatic rings. The molecule has 3 rings (SSSR count). The molecule has 0 saturated heterocycles. The lowest BCUT2D eigenvalue weighted by Crippen LogP contribution is -2.46. The van der Waals surface area contributed by atoms with Gasteiger partial charge in [0, 0.05) is 24.6 Å². The maximum Gasteiger partial charge on any atom is 0.272 e. The van der Waals surface area contributed by atoms with Crippen LogP contribution in [0.4, 0.5) is 5.69 Å². The minimum atomic E-state index is -0.936. The molecule has 1 aliphatic heterocycles. The summed E-state index contributed by atoms with van der Waals surface area (Å²) in [6, 6.07) is 17.4. The second kappa shape index (κ2) is 7.52. The second-order valence-electron chi connectivity index (χ2n) is 6.83. The first-order chi connectivity index (χ1) is 12.5. The van der Waals surface area contributed by atoms with Crippen LogP contribution in [0.1, 0.15) is 31.4 Å². The summed E-state index contributed by atoms with van der Waals surface area (Å²) >= 11 is 0. The molecule has 5 nitrogen and oxygen atoms in total. The maximum absolute atomic E-state index is 12.9. The van der Waals surface area contributed by atoms with Crippen LogP contribution in [0.5, 0.6) is 0 Å². The van der Waals surface area contributed by atoms with Crippen molar-refractivity contribution in [2.75, 3.05) is 11.9 Å². The van der Waals surface area contributed by atoms with Gasteiger partial charge in [-0.2, -0.15) is 0 Å². The number of carbonyl (C=O) groups excluding carboxylic acids is 2. The van der Waals surface area contributed by atoms with Gasteiger partial charge in [0.05, 0.1) is 11.4 Å². The van der Waals surface area contributed by atoms with Crippen LogP contribution in [0.15, 0.2) is 59.6 Å². The summed E-state index contributed by atoms with van der Waals surface area (Å²) in [5.41, 5.74) is 3.26. The molecule has 0 aromatic heterocycles. The standard InChI is InChI=1S/C21H23N3O2/c1-14(2)13-18(25)22-20-21(26)24(3)17-12-8-7-11-16(17)19(23-20)15-9-5-4-6-10-15/h4-12,14,20H,13H2,1-3H3,(H,22,25). The average Bonchev–Trinajstić information content (AvgIpc) is 2.73. The molecule has 26 heavy (non-hydrogen) atoms. The molecule has 134 valence electrons. The average molecular weight is 349 g/mol. The number of likely N-dealkylation sites (N-methyl/N-ethyl adjacent to an activating group) is 1. The minimum absolute atomic E-state index is 0.172. The number of rotatable bonds is 4. The second-order valence-corrected chi connectivity index (χ2v) is 6.83. The van der Waals surface area contributed by atoms with Gasteiger partial charge in [0.25, 0.3) is 5.91 Å². The van der Waals surface area contributed by atoms with Crippen LogP contribution in [0.3, 0.4) is 0 Å². The predicted molar refractivity (Wildman–Crippen MR) is 103 cm³/mol. The molecule has 0 spiro atoms. The highest BCUT2D eigenvalue weighted by atomic mass is 16.2. The third-order valence-corrected chi connectivity index (χ3v) is 4.28. The molecule has 2 amide bonds. The fourth-order valence-corrected chi connectivity index (χ4v) is 3.02. The summed E-state index contributed by atoms with van der Waals surface area (Å²) in [6.45, 7) is 3.93. The van der Waals surface area contributed by atoms with Gasteiger partial charge in [-0.15, -0.1) is 0 Å². The molecule has 0 bridgehead atoms. The number of benzodiazepines with no additional fused rings is 1. The monoisotopic (exact) mass is 349 g/mol. The van der Waals surface area contributed by atoms with E-state index < -0.39 is 6.17 Å². The first-order valence-electron chi connectivity index (χ1n) is 8.77. The highest BCUT2D eigenvalue weighted by molar-refractivity contribution is 6.20. The molecule has 5 heteroatoms. The van der Waals surface area contributed by atoms with E-state index in [-0.39, 0.29) is 17.7 Å². The molecule has 1 atom stereocenters. The number of benzene rings is 2. The number of anilines is 1. The third-order valence-electron chi connectivity index (χ3n) is 4.28. The van der Waals surface area contributed by atoms with Crippen molar-refractivity contribution in [2.24, 2.45) is 10.9 Å². The summed E-state index contributed by atoms with van der Waals surface area (Å²) in [7, 11) is 1.71. The highest BCUT2D eigenvalue weighted by Crippen LogP contribution is 2.27. The van der Waals surface area contributed by atoms with Crippen molar-refractivity contribution in [3.8, 4) is 0 Å². The Morgan fingerprint density at radius 2 is 1.77 bits per heavy atom. The molecular formula is C21H23N3O2. The Kier molecular flexibility index (Phi) is 5.16. The van der Waals surface area contributed by atoms with Crippen LogP contribution in [-0.4, -0.2) is 30.7 Å². The van der Waals surface area contributed by atoms with Gasteiger partial charge in [0.2, 0.25) is 12.1 Å². The lowest BCUT2D eigenvalue weighted by Gasteiger charge is -2.21. The van der Waals surface area contributed by atoms with Crippen molar-refractivity contribution < 1.29 is 9.59 Å². The van der Waals surface area contributed by atoms with Crippen LogP contribution in [0, 0.1) is 5.92 Å².